The van der Waals surface area contributed by atoms with Crippen molar-refractivity contribution in [3.63, 3.8) is 0 Å². The lowest BCUT2D eigenvalue weighted by Crippen LogP contribution is -2.32. The Morgan fingerprint density at radius 1 is 1.12 bits per heavy atom. The van der Waals surface area contributed by atoms with Gasteiger partial charge < -0.3 is 4.74 Å². The summed E-state index contributed by atoms with van der Waals surface area (Å²) in [7, 11) is 0. The van der Waals surface area contributed by atoms with Gasteiger partial charge in [0.25, 0.3) is 0 Å². The Bertz CT molecular complexity index is 289. The summed E-state index contributed by atoms with van der Waals surface area (Å²) in [4.78, 5) is 8.24. The third kappa shape index (κ3) is 4.17. The summed E-state index contributed by atoms with van der Waals surface area (Å²) in [5.41, 5.74) is -0.119. The summed E-state index contributed by atoms with van der Waals surface area (Å²) in [6.07, 6.45) is 9.04. The van der Waals surface area contributed by atoms with Crippen molar-refractivity contribution in [1.82, 2.24) is 9.97 Å². The number of nitrogens with zero attached hydrogens (tertiary/aromatic N) is 2. The van der Waals surface area contributed by atoms with Crippen molar-refractivity contribution in [3.8, 4) is 6.01 Å². The van der Waals surface area contributed by atoms with Crippen LogP contribution in [0.3, 0.4) is 0 Å². The third-order valence-electron chi connectivity index (χ3n) is 2.72. The molecule has 1 aromatic heterocycles. The SMILES string of the molecule is CCCCC(C)(CCC)Oc1ncccn1. The first-order valence-electron chi connectivity index (χ1n) is 6.16. The molecule has 0 saturated heterocycles. The molecule has 1 rings (SSSR count). The average molecular weight is 222 g/mol. The van der Waals surface area contributed by atoms with Gasteiger partial charge in [0.15, 0.2) is 0 Å². The molecule has 0 N–H and O–H groups in total. The van der Waals surface area contributed by atoms with Crippen LogP contribution in [0.2, 0.25) is 0 Å². The molecule has 0 aliphatic carbocycles. The topological polar surface area (TPSA) is 35.0 Å². The molecule has 3 heteroatoms. The van der Waals surface area contributed by atoms with Gasteiger partial charge in [-0.1, -0.05) is 26.7 Å². The second-order valence-electron chi connectivity index (χ2n) is 4.44. The van der Waals surface area contributed by atoms with E-state index in [4.69, 9.17) is 4.74 Å². The van der Waals surface area contributed by atoms with Gasteiger partial charge in [-0.2, -0.15) is 0 Å². The van der Waals surface area contributed by atoms with Gasteiger partial charge >= 0.3 is 6.01 Å². The van der Waals surface area contributed by atoms with Crippen molar-refractivity contribution in [2.45, 2.75) is 58.5 Å². The predicted molar refractivity (Wildman–Crippen MR) is 65.5 cm³/mol. The fraction of sp³-hybridized carbons (Fsp3) is 0.692. The maximum absolute atomic E-state index is 5.92. The van der Waals surface area contributed by atoms with E-state index in [0.29, 0.717) is 6.01 Å². The zero-order valence-electron chi connectivity index (χ0n) is 10.6. The largest absolute Gasteiger partial charge is 0.457 e. The molecule has 90 valence electrons. The van der Waals surface area contributed by atoms with Crippen LogP contribution in [0, 0.1) is 0 Å². The minimum atomic E-state index is -0.119. The molecular formula is C13H22N2O. The van der Waals surface area contributed by atoms with E-state index >= 15 is 0 Å². The van der Waals surface area contributed by atoms with Gasteiger partial charge in [-0.15, -0.1) is 0 Å². The first-order valence-corrected chi connectivity index (χ1v) is 6.16. The Labute approximate surface area is 98.3 Å². The summed E-state index contributed by atoms with van der Waals surface area (Å²) >= 11 is 0. The van der Waals surface area contributed by atoms with Crippen LogP contribution in [0.25, 0.3) is 0 Å². The van der Waals surface area contributed by atoms with Crippen LogP contribution >= 0.6 is 0 Å². The molecule has 0 saturated carbocycles. The van der Waals surface area contributed by atoms with Gasteiger partial charge in [-0.25, -0.2) is 9.97 Å². The second-order valence-corrected chi connectivity index (χ2v) is 4.44. The smallest absolute Gasteiger partial charge is 0.316 e. The van der Waals surface area contributed by atoms with E-state index in [2.05, 4.69) is 30.7 Å². The summed E-state index contributed by atoms with van der Waals surface area (Å²) in [5, 5.41) is 0. The quantitative estimate of drug-likeness (QED) is 0.707. The Morgan fingerprint density at radius 3 is 2.38 bits per heavy atom. The van der Waals surface area contributed by atoms with E-state index in [1.54, 1.807) is 18.5 Å². The fourth-order valence-corrected chi connectivity index (χ4v) is 1.87. The number of aromatic nitrogens is 2. The molecule has 1 atom stereocenters. The van der Waals surface area contributed by atoms with E-state index in [9.17, 15) is 0 Å². The summed E-state index contributed by atoms with van der Waals surface area (Å²) in [6, 6.07) is 2.30. The Balaban J connectivity index is 2.62. The molecule has 0 radical (unpaired) electrons. The molecule has 1 heterocycles. The first-order chi connectivity index (χ1) is 7.70. The van der Waals surface area contributed by atoms with E-state index < -0.39 is 0 Å². The first kappa shape index (κ1) is 12.9. The van der Waals surface area contributed by atoms with Gasteiger partial charge in [0.1, 0.15) is 5.60 Å². The monoisotopic (exact) mass is 222 g/mol. The lowest BCUT2D eigenvalue weighted by Gasteiger charge is -2.29. The van der Waals surface area contributed by atoms with Crippen LogP contribution in [-0.4, -0.2) is 15.6 Å². The lowest BCUT2D eigenvalue weighted by atomic mass is 9.94. The molecule has 3 nitrogen and oxygen atoms in total. The van der Waals surface area contributed by atoms with Gasteiger partial charge in [0.05, 0.1) is 0 Å². The highest BCUT2D eigenvalue weighted by Gasteiger charge is 2.25. The predicted octanol–water partition coefficient (Wildman–Crippen LogP) is 3.60. The standard InChI is InChI=1S/C13H22N2O/c1-4-6-9-13(3,8-5-2)16-12-14-10-7-11-15-12/h7,10-11H,4-6,8-9H2,1-3H3. The molecular weight excluding hydrogens is 200 g/mol. The molecule has 0 aliphatic rings. The van der Waals surface area contributed by atoms with Crippen LogP contribution in [0.5, 0.6) is 6.01 Å². The molecule has 0 bridgehead atoms. The molecule has 0 amide bonds. The molecule has 0 spiro atoms. The van der Waals surface area contributed by atoms with Crippen LogP contribution < -0.4 is 4.74 Å². The van der Waals surface area contributed by atoms with Crippen LogP contribution in [-0.2, 0) is 0 Å². The summed E-state index contributed by atoms with van der Waals surface area (Å²) in [6.45, 7) is 6.54. The Kier molecular flexibility index (Phi) is 5.23. The van der Waals surface area contributed by atoms with Crippen molar-refractivity contribution in [1.29, 1.82) is 0 Å². The molecule has 0 aliphatic heterocycles. The highest BCUT2D eigenvalue weighted by Crippen LogP contribution is 2.25. The van der Waals surface area contributed by atoms with E-state index in [0.717, 1.165) is 19.3 Å². The average Bonchev–Trinajstić information content (AvgIpc) is 2.28. The molecule has 16 heavy (non-hydrogen) atoms. The van der Waals surface area contributed by atoms with Gasteiger partial charge in [-0.05, 0) is 32.3 Å². The minimum absolute atomic E-state index is 0.119. The lowest BCUT2D eigenvalue weighted by molar-refractivity contribution is 0.0558. The zero-order chi connectivity index (χ0) is 11.9. The van der Waals surface area contributed by atoms with Crippen molar-refractivity contribution in [2.75, 3.05) is 0 Å². The third-order valence-corrected chi connectivity index (χ3v) is 2.72. The van der Waals surface area contributed by atoms with E-state index in [1.165, 1.54) is 12.8 Å². The number of ether oxygens (including phenoxy) is 1. The van der Waals surface area contributed by atoms with E-state index in [-0.39, 0.29) is 5.60 Å². The molecule has 0 fully saturated rings. The summed E-state index contributed by atoms with van der Waals surface area (Å²) < 4.78 is 5.92. The number of hydrogen-bond acceptors (Lipinski definition) is 3. The highest BCUT2D eigenvalue weighted by atomic mass is 16.5. The number of unbranched alkanes of at least 4 members (excludes halogenated alkanes) is 1. The molecule has 1 aromatic rings. The minimum Gasteiger partial charge on any atom is -0.457 e. The maximum Gasteiger partial charge on any atom is 0.316 e. The van der Waals surface area contributed by atoms with Gasteiger partial charge in [0, 0.05) is 12.4 Å². The Morgan fingerprint density at radius 2 is 1.81 bits per heavy atom. The van der Waals surface area contributed by atoms with Crippen molar-refractivity contribution < 1.29 is 4.74 Å². The second kappa shape index (κ2) is 6.46. The van der Waals surface area contributed by atoms with Crippen molar-refractivity contribution in [3.05, 3.63) is 18.5 Å². The Hall–Kier alpha value is -1.12. The summed E-state index contributed by atoms with van der Waals surface area (Å²) in [5.74, 6) is 0. The molecule has 1 unspecified atom stereocenters. The van der Waals surface area contributed by atoms with Crippen molar-refractivity contribution in [2.24, 2.45) is 0 Å². The fourth-order valence-electron chi connectivity index (χ4n) is 1.87. The normalized spacial score (nSPS) is 14.4. The van der Waals surface area contributed by atoms with E-state index in [1.807, 2.05) is 0 Å². The molecule has 0 aromatic carbocycles. The maximum atomic E-state index is 5.92. The number of hydrogen-bond donors (Lipinski definition) is 0. The zero-order valence-corrected chi connectivity index (χ0v) is 10.6. The van der Waals surface area contributed by atoms with Crippen LogP contribution in [0.15, 0.2) is 18.5 Å². The van der Waals surface area contributed by atoms with Gasteiger partial charge in [0.2, 0.25) is 0 Å². The highest BCUT2D eigenvalue weighted by molar-refractivity contribution is 4.96. The van der Waals surface area contributed by atoms with Gasteiger partial charge in [-0.3, -0.25) is 0 Å². The van der Waals surface area contributed by atoms with Crippen LogP contribution in [0.4, 0.5) is 0 Å². The van der Waals surface area contributed by atoms with Crippen molar-refractivity contribution >= 4 is 0 Å². The van der Waals surface area contributed by atoms with Crippen LogP contribution in [0.1, 0.15) is 52.9 Å². The number of rotatable bonds is 7.